The molecule has 1 saturated heterocycles. The van der Waals surface area contributed by atoms with Crippen LogP contribution in [-0.4, -0.2) is 31.1 Å². The number of alkyl halides is 3. The second-order valence-corrected chi connectivity index (χ2v) is 4.58. The lowest BCUT2D eigenvalue weighted by atomic mass is 10.1. The zero-order chi connectivity index (χ0) is 14.8. The van der Waals surface area contributed by atoms with Crippen molar-refractivity contribution in [3.8, 4) is 0 Å². The molecular formula is C12H14F3N3O2. The van der Waals surface area contributed by atoms with Gasteiger partial charge < -0.3 is 10.2 Å². The first kappa shape index (κ1) is 14.6. The number of nitro groups is 1. The Morgan fingerprint density at radius 1 is 1.20 bits per heavy atom. The molecule has 1 aliphatic rings. The smallest absolute Gasteiger partial charge is 0.370 e. The van der Waals surface area contributed by atoms with E-state index in [9.17, 15) is 23.3 Å². The van der Waals surface area contributed by atoms with Gasteiger partial charge in [0.25, 0.3) is 5.69 Å². The summed E-state index contributed by atoms with van der Waals surface area (Å²) in [7, 11) is 0. The molecule has 20 heavy (non-hydrogen) atoms. The molecule has 5 nitrogen and oxygen atoms in total. The summed E-state index contributed by atoms with van der Waals surface area (Å²) in [5.41, 5.74) is -1.28. The Hall–Kier alpha value is -1.83. The molecule has 1 fully saturated rings. The number of nitro benzene ring substituents is 1. The van der Waals surface area contributed by atoms with E-state index in [2.05, 4.69) is 5.32 Å². The van der Waals surface area contributed by atoms with Crippen molar-refractivity contribution >= 4 is 11.4 Å². The van der Waals surface area contributed by atoms with E-state index in [1.165, 1.54) is 6.07 Å². The summed E-state index contributed by atoms with van der Waals surface area (Å²) in [5.74, 6) is 0. The first-order chi connectivity index (χ1) is 9.38. The van der Waals surface area contributed by atoms with Crippen LogP contribution in [0.5, 0.6) is 0 Å². The standard InChI is InChI=1S/C12H14F3N3O2/c13-12(14,15)9-6-10(8-11(7-9)18(19)20)17-4-1-2-16-3-5-17/h6-8,16H,1-5H2. The third kappa shape index (κ3) is 3.38. The molecule has 1 aliphatic heterocycles. The zero-order valence-corrected chi connectivity index (χ0v) is 10.6. The minimum atomic E-state index is -4.59. The minimum absolute atomic E-state index is 0.246. The molecule has 0 aromatic heterocycles. The molecule has 0 bridgehead atoms. The highest BCUT2D eigenvalue weighted by Crippen LogP contribution is 2.35. The molecule has 0 aliphatic carbocycles. The summed E-state index contributed by atoms with van der Waals surface area (Å²) >= 11 is 0. The van der Waals surface area contributed by atoms with Gasteiger partial charge in [0, 0.05) is 37.5 Å². The van der Waals surface area contributed by atoms with Crippen LogP contribution in [0.3, 0.4) is 0 Å². The van der Waals surface area contributed by atoms with Crippen LogP contribution in [0.25, 0.3) is 0 Å². The van der Waals surface area contributed by atoms with Gasteiger partial charge in [-0.15, -0.1) is 0 Å². The molecule has 0 unspecified atom stereocenters. The molecule has 0 radical (unpaired) electrons. The van der Waals surface area contributed by atoms with Gasteiger partial charge >= 0.3 is 6.18 Å². The Morgan fingerprint density at radius 2 is 1.95 bits per heavy atom. The zero-order valence-electron chi connectivity index (χ0n) is 10.6. The van der Waals surface area contributed by atoms with Gasteiger partial charge in [-0.3, -0.25) is 10.1 Å². The molecule has 8 heteroatoms. The topological polar surface area (TPSA) is 58.4 Å². The van der Waals surface area contributed by atoms with Crippen molar-refractivity contribution in [2.24, 2.45) is 0 Å². The van der Waals surface area contributed by atoms with Gasteiger partial charge in [-0.1, -0.05) is 0 Å². The second-order valence-electron chi connectivity index (χ2n) is 4.58. The summed E-state index contributed by atoms with van der Waals surface area (Å²) < 4.78 is 38.4. The van der Waals surface area contributed by atoms with Crippen molar-refractivity contribution in [2.45, 2.75) is 12.6 Å². The van der Waals surface area contributed by atoms with Crippen LogP contribution >= 0.6 is 0 Å². The Balaban J connectivity index is 2.40. The van der Waals surface area contributed by atoms with Crippen LogP contribution in [-0.2, 0) is 6.18 Å². The summed E-state index contributed by atoms with van der Waals surface area (Å²) in [6.07, 6.45) is -3.81. The van der Waals surface area contributed by atoms with Crippen molar-refractivity contribution in [2.75, 3.05) is 31.1 Å². The molecule has 1 aromatic carbocycles. The van der Waals surface area contributed by atoms with Crippen molar-refractivity contribution in [3.63, 3.8) is 0 Å². The predicted molar refractivity (Wildman–Crippen MR) is 67.8 cm³/mol. The predicted octanol–water partition coefficient (Wildman–Crippen LogP) is 2.41. The molecular weight excluding hydrogens is 275 g/mol. The summed E-state index contributed by atoms with van der Waals surface area (Å²) in [5, 5.41) is 13.9. The summed E-state index contributed by atoms with van der Waals surface area (Å²) in [6.45, 7) is 2.53. The molecule has 110 valence electrons. The first-order valence-electron chi connectivity index (χ1n) is 6.20. The maximum absolute atomic E-state index is 12.8. The van der Waals surface area contributed by atoms with Gasteiger partial charge in [-0.05, 0) is 19.0 Å². The number of halogens is 3. The van der Waals surface area contributed by atoms with Crippen LogP contribution in [0.2, 0.25) is 0 Å². The summed E-state index contributed by atoms with van der Waals surface area (Å²) in [6, 6.07) is 2.73. The van der Waals surface area contributed by atoms with Crippen molar-refractivity contribution < 1.29 is 18.1 Å². The highest BCUT2D eigenvalue weighted by atomic mass is 19.4. The maximum Gasteiger partial charge on any atom is 0.416 e. The highest BCUT2D eigenvalue weighted by molar-refractivity contribution is 5.56. The van der Waals surface area contributed by atoms with E-state index in [1.807, 2.05) is 0 Å². The fourth-order valence-electron chi connectivity index (χ4n) is 2.15. The monoisotopic (exact) mass is 289 g/mol. The second kappa shape index (κ2) is 5.66. The number of hydrogen-bond donors (Lipinski definition) is 1. The van der Waals surface area contributed by atoms with Gasteiger partial charge in [0.2, 0.25) is 0 Å². The Labute approximate surface area is 113 Å². The van der Waals surface area contributed by atoms with E-state index in [0.717, 1.165) is 19.0 Å². The van der Waals surface area contributed by atoms with Crippen molar-refractivity contribution in [1.29, 1.82) is 0 Å². The van der Waals surface area contributed by atoms with Gasteiger partial charge in [0.1, 0.15) is 0 Å². The molecule has 0 amide bonds. The minimum Gasteiger partial charge on any atom is -0.370 e. The SMILES string of the molecule is O=[N+]([O-])c1cc(N2CCCNCC2)cc(C(F)(F)F)c1. The molecule has 1 N–H and O–H groups in total. The third-order valence-corrected chi connectivity index (χ3v) is 3.15. The fourth-order valence-corrected chi connectivity index (χ4v) is 2.15. The van der Waals surface area contributed by atoms with Gasteiger partial charge in [-0.25, -0.2) is 0 Å². The highest BCUT2D eigenvalue weighted by Gasteiger charge is 2.33. The number of nitrogens with one attached hydrogen (secondary N) is 1. The van der Waals surface area contributed by atoms with Crippen LogP contribution in [0.1, 0.15) is 12.0 Å². The van der Waals surface area contributed by atoms with E-state index in [4.69, 9.17) is 0 Å². The lowest BCUT2D eigenvalue weighted by Crippen LogP contribution is -2.28. The summed E-state index contributed by atoms with van der Waals surface area (Å²) in [4.78, 5) is 11.7. The lowest BCUT2D eigenvalue weighted by Gasteiger charge is -2.23. The number of non-ortho nitro benzene ring substituents is 1. The van der Waals surface area contributed by atoms with Gasteiger partial charge in [0.15, 0.2) is 0 Å². The molecule has 1 heterocycles. The van der Waals surface area contributed by atoms with Gasteiger partial charge in [0.05, 0.1) is 10.5 Å². The van der Waals surface area contributed by atoms with Crippen LogP contribution in [0.4, 0.5) is 24.5 Å². The van der Waals surface area contributed by atoms with E-state index in [0.29, 0.717) is 25.7 Å². The third-order valence-electron chi connectivity index (χ3n) is 3.15. The average molecular weight is 289 g/mol. The maximum atomic E-state index is 12.8. The Kier molecular flexibility index (Phi) is 4.12. The largest absolute Gasteiger partial charge is 0.416 e. The quantitative estimate of drug-likeness (QED) is 0.671. The molecule has 0 spiro atoms. The molecule has 0 saturated carbocycles. The number of nitrogens with zero attached hydrogens (tertiary/aromatic N) is 2. The average Bonchev–Trinajstić information content (AvgIpc) is 2.66. The molecule has 1 aromatic rings. The van der Waals surface area contributed by atoms with Gasteiger partial charge in [-0.2, -0.15) is 13.2 Å². The lowest BCUT2D eigenvalue weighted by molar-refractivity contribution is -0.385. The van der Waals surface area contributed by atoms with Crippen molar-refractivity contribution in [3.05, 3.63) is 33.9 Å². The first-order valence-corrected chi connectivity index (χ1v) is 6.20. The number of hydrogen-bond acceptors (Lipinski definition) is 4. The fraction of sp³-hybridized carbons (Fsp3) is 0.500. The number of anilines is 1. The van der Waals surface area contributed by atoms with E-state index < -0.39 is 22.4 Å². The van der Waals surface area contributed by atoms with Crippen LogP contribution in [0.15, 0.2) is 18.2 Å². The number of benzene rings is 1. The molecule has 0 atom stereocenters. The Morgan fingerprint density at radius 3 is 2.60 bits per heavy atom. The molecule has 2 rings (SSSR count). The van der Waals surface area contributed by atoms with Crippen molar-refractivity contribution in [1.82, 2.24) is 5.32 Å². The van der Waals surface area contributed by atoms with E-state index in [-0.39, 0.29) is 5.69 Å². The van der Waals surface area contributed by atoms with Crippen LogP contribution in [0, 0.1) is 10.1 Å². The van der Waals surface area contributed by atoms with E-state index >= 15 is 0 Å². The Bertz CT molecular complexity index is 497. The number of rotatable bonds is 2. The normalized spacial score (nSPS) is 16.9. The van der Waals surface area contributed by atoms with E-state index in [1.54, 1.807) is 4.90 Å². The van der Waals surface area contributed by atoms with Crippen LogP contribution < -0.4 is 10.2 Å².